The number of nitrogens with two attached hydrogens (primary N) is 1. The molecule has 0 saturated heterocycles. The number of allylic oxidation sites excluding steroid dienone is 2. The van der Waals surface area contributed by atoms with Gasteiger partial charge in [-0.3, -0.25) is 10.5 Å². The van der Waals surface area contributed by atoms with Crippen LogP contribution in [-0.2, 0) is 9.53 Å². The molecule has 4 heteroatoms. The molecular formula is C21H42ClNO2. The fourth-order valence-corrected chi connectivity index (χ4v) is 2.65. The third-order valence-corrected chi connectivity index (χ3v) is 4.33. The molecule has 0 saturated carbocycles. The number of hydrogen-bond acceptors (Lipinski definition) is 3. The molecule has 0 bridgehead atoms. The average Bonchev–Trinajstić information content (AvgIpc) is 2.58. The molecule has 2 N–H and O–H groups in total. The molecule has 0 heterocycles. The first kappa shape index (κ1) is 26.7. The summed E-state index contributed by atoms with van der Waals surface area (Å²) in [5.41, 5.74) is 5.58. The number of halogens is 1. The van der Waals surface area contributed by atoms with Gasteiger partial charge >= 0.3 is 5.97 Å². The minimum atomic E-state index is -0.430. The molecule has 0 amide bonds. The third kappa shape index (κ3) is 21.4. The van der Waals surface area contributed by atoms with E-state index in [0.717, 1.165) is 12.8 Å². The van der Waals surface area contributed by atoms with Crippen LogP contribution in [0.1, 0.15) is 110 Å². The minimum absolute atomic E-state index is 0. The zero-order valence-corrected chi connectivity index (χ0v) is 17.5. The maximum absolute atomic E-state index is 11.4. The van der Waals surface area contributed by atoms with E-state index < -0.39 is 6.23 Å². The Hall–Kier alpha value is -0.540. The molecule has 25 heavy (non-hydrogen) atoms. The number of unbranched alkanes of at least 4 members (excludes halogenated alkanes) is 11. The first-order valence-electron chi connectivity index (χ1n) is 10.3. The highest BCUT2D eigenvalue weighted by Gasteiger charge is 2.06. The first-order valence-corrected chi connectivity index (χ1v) is 10.3. The maximum Gasteiger partial charge on any atom is 0.307 e. The summed E-state index contributed by atoms with van der Waals surface area (Å²) in [6, 6.07) is 0. The summed E-state index contributed by atoms with van der Waals surface area (Å²) >= 11 is 0. The van der Waals surface area contributed by atoms with Crippen LogP contribution in [0.4, 0.5) is 0 Å². The second-order valence-electron chi connectivity index (χ2n) is 6.77. The summed E-state index contributed by atoms with van der Waals surface area (Å²) in [6.07, 6.45) is 21.9. The van der Waals surface area contributed by atoms with Crippen molar-refractivity contribution in [3.8, 4) is 0 Å². The van der Waals surface area contributed by atoms with Gasteiger partial charge in [-0.15, -0.1) is 12.4 Å². The van der Waals surface area contributed by atoms with Crippen LogP contribution in [0.5, 0.6) is 0 Å². The van der Waals surface area contributed by atoms with Crippen LogP contribution in [0.2, 0.25) is 0 Å². The molecular weight excluding hydrogens is 334 g/mol. The van der Waals surface area contributed by atoms with Gasteiger partial charge < -0.3 is 4.74 Å². The molecule has 0 fully saturated rings. The number of esters is 1. The average molecular weight is 376 g/mol. The van der Waals surface area contributed by atoms with Crippen molar-refractivity contribution in [3.63, 3.8) is 0 Å². The van der Waals surface area contributed by atoms with Crippen LogP contribution in [-0.4, -0.2) is 12.2 Å². The maximum atomic E-state index is 11.4. The van der Waals surface area contributed by atoms with Crippen molar-refractivity contribution in [1.82, 2.24) is 0 Å². The van der Waals surface area contributed by atoms with Crippen molar-refractivity contribution in [3.05, 3.63) is 12.2 Å². The molecule has 0 rings (SSSR count). The topological polar surface area (TPSA) is 52.3 Å². The SMILES string of the molecule is CCCCCCCC/C=C\CCCCCCCC(=O)OC(N)CC.Cl. The molecule has 0 aliphatic heterocycles. The zero-order valence-electron chi connectivity index (χ0n) is 16.6. The molecule has 0 aliphatic rings. The quantitative estimate of drug-likeness (QED) is 0.133. The standard InChI is InChI=1S/C21H41NO2.ClH/c1-3-5-6-7-8-9-10-11-12-13-14-15-16-17-18-19-21(23)24-20(22)4-2;/h11-12,20H,3-10,13-19,22H2,1-2H3;1H/b12-11-;. The Kier molecular flexibility index (Phi) is 23.0. The lowest BCUT2D eigenvalue weighted by Gasteiger charge is -2.10. The molecule has 1 atom stereocenters. The number of carbonyl (C=O) groups excluding carboxylic acids is 1. The van der Waals surface area contributed by atoms with E-state index in [1.165, 1.54) is 70.6 Å². The smallest absolute Gasteiger partial charge is 0.307 e. The van der Waals surface area contributed by atoms with Gasteiger partial charge in [0.05, 0.1) is 0 Å². The molecule has 0 aromatic heterocycles. The van der Waals surface area contributed by atoms with Crippen LogP contribution in [0.25, 0.3) is 0 Å². The largest absolute Gasteiger partial charge is 0.447 e. The predicted molar refractivity (Wildman–Crippen MR) is 111 cm³/mol. The fraction of sp³-hybridized carbons (Fsp3) is 0.857. The Morgan fingerprint density at radius 1 is 0.840 bits per heavy atom. The Bertz CT molecular complexity index is 308. The van der Waals surface area contributed by atoms with Crippen LogP contribution in [0, 0.1) is 0 Å². The second-order valence-corrected chi connectivity index (χ2v) is 6.77. The van der Waals surface area contributed by atoms with Crippen molar-refractivity contribution >= 4 is 18.4 Å². The van der Waals surface area contributed by atoms with Gasteiger partial charge in [0.25, 0.3) is 0 Å². The van der Waals surface area contributed by atoms with E-state index in [2.05, 4.69) is 19.1 Å². The second kappa shape index (κ2) is 21.5. The van der Waals surface area contributed by atoms with Gasteiger partial charge in [0.1, 0.15) is 0 Å². The van der Waals surface area contributed by atoms with Crippen molar-refractivity contribution in [2.24, 2.45) is 5.73 Å². The van der Waals surface area contributed by atoms with Gasteiger partial charge in [-0.2, -0.15) is 0 Å². The Morgan fingerprint density at radius 3 is 1.84 bits per heavy atom. The van der Waals surface area contributed by atoms with E-state index >= 15 is 0 Å². The van der Waals surface area contributed by atoms with E-state index in [0.29, 0.717) is 12.8 Å². The van der Waals surface area contributed by atoms with E-state index in [9.17, 15) is 4.79 Å². The van der Waals surface area contributed by atoms with Crippen molar-refractivity contribution in [2.75, 3.05) is 0 Å². The normalized spacial score (nSPS) is 12.1. The summed E-state index contributed by atoms with van der Waals surface area (Å²) in [6.45, 7) is 4.18. The zero-order chi connectivity index (χ0) is 17.9. The Balaban J connectivity index is 0. The van der Waals surface area contributed by atoms with E-state index in [1.54, 1.807) is 0 Å². The van der Waals surface area contributed by atoms with Crippen LogP contribution >= 0.6 is 12.4 Å². The predicted octanol–water partition coefficient (Wildman–Crippen LogP) is 6.68. The number of hydrogen-bond donors (Lipinski definition) is 1. The monoisotopic (exact) mass is 375 g/mol. The highest BCUT2D eigenvalue weighted by molar-refractivity contribution is 5.85. The highest BCUT2D eigenvalue weighted by atomic mass is 35.5. The van der Waals surface area contributed by atoms with Crippen LogP contribution in [0.3, 0.4) is 0 Å². The number of ether oxygens (including phenoxy) is 1. The van der Waals surface area contributed by atoms with Gasteiger partial charge in [0.15, 0.2) is 6.23 Å². The third-order valence-electron chi connectivity index (χ3n) is 4.33. The number of rotatable bonds is 17. The van der Waals surface area contributed by atoms with Gasteiger partial charge in [-0.05, 0) is 38.5 Å². The summed E-state index contributed by atoms with van der Waals surface area (Å²) in [5, 5.41) is 0. The fourth-order valence-electron chi connectivity index (χ4n) is 2.65. The molecule has 0 spiro atoms. The van der Waals surface area contributed by atoms with Gasteiger partial charge in [0, 0.05) is 6.42 Å². The lowest BCUT2D eigenvalue weighted by atomic mass is 10.1. The van der Waals surface area contributed by atoms with E-state index in [-0.39, 0.29) is 18.4 Å². The molecule has 150 valence electrons. The Labute approximate surface area is 162 Å². The minimum Gasteiger partial charge on any atom is -0.447 e. The van der Waals surface area contributed by atoms with Gasteiger partial charge in [0.2, 0.25) is 0 Å². The van der Waals surface area contributed by atoms with Crippen LogP contribution in [0.15, 0.2) is 12.2 Å². The van der Waals surface area contributed by atoms with Crippen molar-refractivity contribution in [1.29, 1.82) is 0 Å². The lowest BCUT2D eigenvalue weighted by Crippen LogP contribution is -2.25. The van der Waals surface area contributed by atoms with Gasteiger partial charge in [-0.25, -0.2) is 0 Å². The molecule has 3 nitrogen and oxygen atoms in total. The molecule has 0 aromatic rings. The van der Waals surface area contributed by atoms with E-state index in [1.807, 2.05) is 6.92 Å². The Morgan fingerprint density at radius 2 is 1.32 bits per heavy atom. The van der Waals surface area contributed by atoms with E-state index in [4.69, 9.17) is 10.5 Å². The lowest BCUT2D eigenvalue weighted by molar-refractivity contribution is -0.149. The molecule has 0 aliphatic carbocycles. The van der Waals surface area contributed by atoms with Crippen molar-refractivity contribution < 1.29 is 9.53 Å². The summed E-state index contributed by atoms with van der Waals surface area (Å²) in [4.78, 5) is 11.4. The number of carbonyl (C=O) groups is 1. The summed E-state index contributed by atoms with van der Waals surface area (Å²) in [5.74, 6) is -0.151. The van der Waals surface area contributed by atoms with Crippen molar-refractivity contribution in [2.45, 2.75) is 116 Å². The molecule has 1 unspecified atom stereocenters. The summed E-state index contributed by atoms with van der Waals surface area (Å²) in [7, 11) is 0. The molecule has 0 aromatic carbocycles. The van der Waals surface area contributed by atoms with Gasteiger partial charge in [-0.1, -0.05) is 77.4 Å². The highest BCUT2D eigenvalue weighted by Crippen LogP contribution is 2.10. The van der Waals surface area contributed by atoms with Crippen LogP contribution < -0.4 is 5.73 Å². The summed E-state index contributed by atoms with van der Waals surface area (Å²) < 4.78 is 5.05. The first-order chi connectivity index (χ1) is 11.7. The molecule has 0 radical (unpaired) electrons.